The van der Waals surface area contributed by atoms with Crippen LogP contribution in [0.1, 0.15) is 16.7 Å². The summed E-state index contributed by atoms with van der Waals surface area (Å²) >= 11 is 0. The minimum atomic E-state index is -6.00. The van der Waals surface area contributed by atoms with E-state index in [4.69, 9.17) is 4.74 Å². The van der Waals surface area contributed by atoms with Crippen molar-refractivity contribution in [2.24, 2.45) is 0 Å². The summed E-state index contributed by atoms with van der Waals surface area (Å²) in [5, 5.41) is 0. The van der Waals surface area contributed by atoms with Crippen molar-refractivity contribution in [3.8, 4) is 39.4 Å². The summed E-state index contributed by atoms with van der Waals surface area (Å²) < 4.78 is 46.9. The van der Waals surface area contributed by atoms with E-state index in [-0.39, 0.29) is 0 Å². The zero-order chi connectivity index (χ0) is 27.4. The van der Waals surface area contributed by atoms with Crippen LogP contribution in [-0.4, -0.2) is 14.4 Å². The van der Waals surface area contributed by atoms with Crippen LogP contribution in [0.3, 0.4) is 0 Å². The van der Waals surface area contributed by atoms with Crippen molar-refractivity contribution < 1.29 is 26.6 Å². The van der Waals surface area contributed by atoms with Crippen molar-refractivity contribution in [1.82, 2.24) is 0 Å². The minimum absolute atomic E-state index is 0.792. The molecule has 1 aliphatic carbocycles. The Labute approximate surface area is 225 Å². The Morgan fingerprint density at radius 3 is 1.87 bits per heavy atom. The van der Waals surface area contributed by atoms with Gasteiger partial charge in [0.15, 0.2) is 6.54 Å². The summed E-state index contributed by atoms with van der Waals surface area (Å²) in [6, 6.07) is 41.2. The zero-order valence-electron chi connectivity index (χ0n) is 21.3. The molecule has 4 aromatic carbocycles. The van der Waals surface area contributed by atoms with Crippen molar-refractivity contribution in [2.75, 3.05) is 7.11 Å². The molecular formula is C32H26BF4NO. The largest absolute Gasteiger partial charge is 0.673 e. The smallest absolute Gasteiger partial charge is 0.497 e. The van der Waals surface area contributed by atoms with Gasteiger partial charge in [-0.25, -0.2) is 0 Å². The van der Waals surface area contributed by atoms with Crippen LogP contribution < -0.4 is 9.30 Å². The van der Waals surface area contributed by atoms with Crippen LogP contribution in [0.2, 0.25) is 0 Å². The highest BCUT2D eigenvalue weighted by Crippen LogP contribution is 2.41. The minimum Gasteiger partial charge on any atom is -0.497 e. The maximum absolute atomic E-state index is 9.75. The Balaban J connectivity index is 0.000000567. The second-order valence-electron chi connectivity index (χ2n) is 9.27. The van der Waals surface area contributed by atoms with E-state index in [0.29, 0.717) is 0 Å². The maximum Gasteiger partial charge on any atom is 0.673 e. The van der Waals surface area contributed by atoms with Gasteiger partial charge < -0.3 is 22.0 Å². The van der Waals surface area contributed by atoms with E-state index >= 15 is 0 Å². The summed E-state index contributed by atoms with van der Waals surface area (Å²) in [5.74, 6) is 0.882. The predicted octanol–water partition coefficient (Wildman–Crippen LogP) is 8.24. The van der Waals surface area contributed by atoms with E-state index in [0.717, 1.165) is 18.7 Å². The number of pyridine rings is 1. The van der Waals surface area contributed by atoms with Crippen LogP contribution in [0.25, 0.3) is 33.6 Å². The highest BCUT2D eigenvalue weighted by atomic mass is 19.5. The molecule has 5 aromatic rings. The predicted molar refractivity (Wildman–Crippen MR) is 148 cm³/mol. The lowest BCUT2D eigenvalue weighted by Gasteiger charge is -2.14. The number of rotatable bonds is 5. The van der Waals surface area contributed by atoms with Crippen LogP contribution in [0, 0.1) is 0 Å². The third-order valence-electron chi connectivity index (χ3n) is 6.75. The molecule has 1 aliphatic rings. The van der Waals surface area contributed by atoms with Gasteiger partial charge in [-0.15, -0.1) is 0 Å². The zero-order valence-corrected chi connectivity index (χ0v) is 21.3. The second-order valence-corrected chi connectivity index (χ2v) is 9.27. The molecule has 0 bridgehead atoms. The monoisotopic (exact) mass is 527 g/mol. The quantitative estimate of drug-likeness (QED) is 0.125. The average molecular weight is 527 g/mol. The van der Waals surface area contributed by atoms with E-state index in [2.05, 4.69) is 108 Å². The van der Waals surface area contributed by atoms with E-state index in [1.54, 1.807) is 7.11 Å². The first kappa shape index (κ1) is 26.2. The fraction of sp³-hybridized carbons (Fsp3) is 0.0938. The first-order valence-electron chi connectivity index (χ1n) is 12.6. The molecular weight excluding hydrogens is 501 g/mol. The average Bonchev–Trinajstić information content (AvgIpc) is 3.33. The molecule has 196 valence electrons. The van der Waals surface area contributed by atoms with Gasteiger partial charge in [0.05, 0.1) is 12.7 Å². The lowest BCUT2D eigenvalue weighted by molar-refractivity contribution is -0.666. The van der Waals surface area contributed by atoms with Crippen LogP contribution in [0.4, 0.5) is 17.3 Å². The second kappa shape index (κ2) is 11.2. The molecule has 0 aliphatic heterocycles. The molecule has 39 heavy (non-hydrogen) atoms. The van der Waals surface area contributed by atoms with Crippen molar-refractivity contribution in [3.63, 3.8) is 0 Å². The van der Waals surface area contributed by atoms with E-state index < -0.39 is 7.25 Å². The maximum atomic E-state index is 9.75. The molecule has 0 fully saturated rings. The van der Waals surface area contributed by atoms with Gasteiger partial charge in [0, 0.05) is 29.2 Å². The van der Waals surface area contributed by atoms with Crippen molar-refractivity contribution >= 4 is 7.25 Å². The van der Waals surface area contributed by atoms with Crippen LogP contribution in [0.5, 0.6) is 5.75 Å². The molecule has 6 rings (SSSR count). The number of methoxy groups -OCH3 is 1. The molecule has 0 spiro atoms. The summed E-state index contributed by atoms with van der Waals surface area (Å²) in [6.07, 6.45) is 0.952. The van der Waals surface area contributed by atoms with E-state index in [1.165, 1.54) is 50.3 Å². The number of nitrogens with zero attached hydrogens (tertiary/aromatic N) is 1. The van der Waals surface area contributed by atoms with Crippen molar-refractivity contribution in [3.05, 3.63) is 132 Å². The molecule has 7 heteroatoms. The molecule has 0 amide bonds. The number of ether oxygens (including phenoxy) is 1. The number of benzene rings is 4. The van der Waals surface area contributed by atoms with Gasteiger partial charge in [0.1, 0.15) is 5.75 Å². The molecule has 0 N–H and O–H groups in total. The Hall–Kier alpha value is -4.39. The van der Waals surface area contributed by atoms with Gasteiger partial charge in [-0.3, -0.25) is 0 Å². The Kier molecular flexibility index (Phi) is 7.50. The standard InChI is InChI=1S/C32H26NO.BF4/c1-34-27-18-16-23(17-19-27)22-33-31(25-12-6-3-7-13-25)21-29(24-10-4-2-5-11-24)30-20-26-14-8-9-15-28(26)32(30)33;2-1(3,4)5/h2-19,21H,20,22H2,1H3;/q+1;-1. The SMILES string of the molecule is COc1ccc(C[n+]2c(-c3ccccc3)cc(-c3ccccc3)c3c2-c2ccccc2C3)cc1.F[B-](F)(F)F. The molecule has 1 aromatic heterocycles. The Morgan fingerprint density at radius 2 is 1.26 bits per heavy atom. The third kappa shape index (κ3) is 6.03. The van der Waals surface area contributed by atoms with Gasteiger partial charge in [0.2, 0.25) is 11.4 Å². The van der Waals surface area contributed by atoms with Gasteiger partial charge >= 0.3 is 7.25 Å². The Bertz CT molecular complexity index is 1560. The van der Waals surface area contributed by atoms with Gasteiger partial charge in [0.25, 0.3) is 0 Å². The fourth-order valence-corrected chi connectivity index (χ4v) is 5.10. The molecule has 0 atom stereocenters. The summed E-state index contributed by atoms with van der Waals surface area (Å²) in [6.45, 7) is 0.792. The summed E-state index contributed by atoms with van der Waals surface area (Å²) in [7, 11) is -4.29. The first-order chi connectivity index (χ1) is 18.8. The van der Waals surface area contributed by atoms with Crippen molar-refractivity contribution in [2.45, 2.75) is 13.0 Å². The lowest BCUT2D eigenvalue weighted by Crippen LogP contribution is -2.40. The molecule has 0 unspecified atom stereocenters. The number of aromatic nitrogens is 1. The normalized spacial score (nSPS) is 11.7. The third-order valence-corrected chi connectivity index (χ3v) is 6.75. The van der Waals surface area contributed by atoms with Crippen molar-refractivity contribution in [1.29, 1.82) is 0 Å². The number of hydrogen-bond donors (Lipinski definition) is 0. The van der Waals surface area contributed by atoms with Crippen LogP contribution >= 0.6 is 0 Å². The fourth-order valence-electron chi connectivity index (χ4n) is 5.10. The first-order valence-corrected chi connectivity index (χ1v) is 12.6. The topological polar surface area (TPSA) is 13.1 Å². The van der Waals surface area contributed by atoms with E-state index in [9.17, 15) is 17.3 Å². The molecule has 1 heterocycles. The van der Waals surface area contributed by atoms with Gasteiger partial charge in [-0.2, -0.15) is 4.57 Å². The lowest BCUT2D eigenvalue weighted by atomic mass is 9.95. The Morgan fingerprint density at radius 1 is 0.692 bits per heavy atom. The van der Waals surface area contributed by atoms with Gasteiger partial charge in [-0.05, 0) is 59.2 Å². The highest BCUT2D eigenvalue weighted by Gasteiger charge is 2.33. The highest BCUT2D eigenvalue weighted by molar-refractivity contribution is 6.50. The molecule has 2 nitrogen and oxygen atoms in total. The number of halogens is 4. The molecule has 0 saturated carbocycles. The van der Waals surface area contributed by atoms with Gasteiger partial charge in [-0.1, -0.05) is 66.7 Å². The summed E-state index contributed by atoms with van der Waals surface area (Å²) in [5.41, 5.74) is 11.7. The van der Waals surface area contributed by atoms with Crippen LogP contribution in [0.15, 0.2) is 115 Å². The molecule has 0 radical (unpaired) electrons. The number of hydrogen-bond acceptors (Lipinski definition) is 1. The number of fused-ring (bicyclic) bond motifs is 3. The molecule has 0 saturated heterocycles. The van der Waals surface area contributed by atoms with E-state index in [1.807, 2.05) is 12.1 Å². The van der Waals surface area contributed by atoms with Crippen LogP contribution in [-0.2, 0) is 13.0 Å². The summed E-state index contributed by atoms with van der Waals surface area (Å²) in [4.78, 5) is 0.